The van der Waals surface area contributed by atoms with E-state index in [-0.39, 0.29) is 18.2 Å². The molecule has 0 saturated heterocycles. The van der Waals surface area contributed by atoms with Gasteiger partial charge >= 0.3 is 6.61 Å². The molecule has 1 aromatic rings. The van der Waals surface area contributed by atoms with Crippen LogP contribution < -0.4 is 15.4 Å². The van der Waals surface area contributed by atoms with Gasteiger partial charge in [0, 0.05) is 20.2 Å². The van der Waals surface area contributed by atoms with E-state index in [9.17, 15) is 13.6 Å². The lowest BCUT2D eigenvalue weighted by molar-refractivity contribution is -0.120. The molecular formula is C13H18F2N2O3. The number of methoxy groups -OCH3 is 1. The molecule has 0 spiro atoms. The van der Waals surface area contributed by atoms with E-state index in [2.05, 4.69) is 15.4 Å². The summed E-state index contributed by atoms with van der Waals surface area (Å²) in [7, 11) is 1.56. The molecule has 0 aliphatic carbocycles. The molecule has 7 heteroatoms. The molecule has 0 heterocycles. The summed E-state index contributed by atoms with van der Waals surface area (Å²) >= 11 is 0. The summed E-state index contributed by atoms with van der Waals surface area (Å²) in [6.45, 7) is -1.24. The molecule has 5 nitrogen and oxygen atoms in total. The van der Waals surface area contributed by atoms with Gasteiger partial charge in [0.25, 0.3) is 0 Å². The van der Waals surface area contributed by atoms with E-state index in [0.29, 0.717) is 19.7 Å². The Morgan fingerprint density at radius 1 is 1.30 bits per heavy atom. The molecule has 0 saturated carbocycles. The Bertz CT molecular complexity index is 399. The summed E-state index contributed by atoms with van der Waals surface area (Å²) in [5, 5.41) is 5.62. The van der Waals surface area contributed by atoms with Crippen molar-refractivity contribution in [2.75, 3.05) is 26.8 Å². The minimum atomic E-state index is -2.82. The molecule has 0 unspecified atom stereocenters. The van der Waals surface area contributed by atoms with Gasteiger partial charge < -0.3 is 20.1 Å². The largest absolute Gasteiger partial charge is 0.435 e. The normalized spacial score (nSPS) is 10.6. The quantitative estimate of drug-likeness (QED) is 0.669. The van der Waals surface area contributed by atoms with Gasteiger partial charge in [0.05, 0.1) is 13.2 Å². The van der Waals surface area contributed by atoms with Crippen LogP contribution in [0.15, 0.2) is 24.3 Å². The molecule has 2 N–H and O–H groups in total. The summed E-state index contributed by atoms with van der Waals surface area (Å²) in [6, 6.07) is 6.24. The van der Waals surface area contributed by atoms with E-state index < -0.39 is 6.61 Å². The van der Waals surface area contributed by atoms with Gasteiger partial charge in [-0.2, -0.15) is 8.78 Å². The van der Waals surface area contributed by atoms with Gasteiger partial charge in [0.15, 0.2) is 0 Å². The Kier molecular flexibility index (Phi) is 7.52. The number of hydrogen-bond donors (Lipinski definition) is 2. The van der Waals surface area contributed by atoms with Crippen LogP contribution in [0.1, 0.15) is 5.56 Å². The number of alkyl halides is 2. The Morgan fingerprint density at radius 3 is 2.60 bits per heavy atom. The Hall–Kier alpha value is -1.73. The highest BCUT2D eigenvalue weighted by Crippen LogP contribution is 2.14. The van der Waals surface area contributed by atoms with Crippen molar-refractivity contribution in [3.8, 4) is 5.75 Å². The average molecular weight is 288 g/mol. The van der Waals surface area contributed by atoms with Crippen LogP contribution in [-0.4, -0.2) is 39.3 Å². The maximum absolute atomic E-state index is 12.0. The molecule has 0 aliphatic rings. The molecular weight excluding hydrogens is 270 g/mol. The lowest BCUT2D eigenvalue weighted by Gasteiger charge is -2.08. The third kappa shape index (κ3) is 7.01. The first-order valence-corrected chi connectivity index (χ1v) is 6.12. The predicted octanol–water partition coefficient (Wildman–Crippen LogP) is 1.14. The SMILES string of the molecule is COCCNC(=O)CNCc1ccc(OC(F)F)cc1. The van der Waals surface area contributed by atoms with Crippen molar-refractivity contribution in [1.29, 1.82) is 0 Å². The molecule has 20 heavy (non-hydrogen) atoms. The lowest BCUT2D eigenvalue weighted by atomic mass is 10.2. The number of amides is 1. The fraction of sp³-hybridized carbons (Fsp3) is 0.462. The maximum atomic E-state index is 12.0. The van der Waals surface area contributed by atoms with Crippen LogP contribution in [0, 0.1) is 0 Å². The van der Waals surface area contributed by atoms with Gasteiger partial charge in [-0.25, -0.2) is 0 Å². The topological polar surface area (TPSA) is 59.6 Å². The molecule has 0 aromatic heterocycles. The second-order valence-electron chi connectivity index (χ2n) is 3.97. The lowest BCUT2D eigenvalue weighted by Crippen LogP contribution is -2.35. The summed E-state index contributed by atoms with van der Waals surface area (Å²) in [6.07, 6.45) is 0. The van der Waals surface area contributed by atoms with Gasteiger partial charge in [-0.1, -0.05) is 12.1 Å². The van der Waals surface area contributed by atoms with E-state index in [4.69, 9.17) is 4.74 Å². The number of rotatable bonds is 9. The zero-order chi connectivity index (χ0) is 14.8. The third-order valence-electron chi connectivity index (χ3n) is 2.39. The van der Waals surface area contributed by atoms with E-state index in [1.165, 1.54) is 12.1 Å². The minimum absolute atomic E-state index is 0.112. The van der Waals surface area contributed by atoms with E-state index >= 15 is 0 Å². The molecule has 0 radical (unpaired) electrons. The summed E-state index contributed by atoms with van der Waals surface area (Å²) < 4.78 is 32.9. The zero-order valence-corrected chi connectivity index (χ0v) is 11.2. The molecule has 112 valence electrons. The molecule has 0 bridgehead atoms. The first-order chi connectivity index (χ1) is 9.61. The predicted molar refractivity (Wildman–Crippen MR) is 69.7 cm³/mol. The Morgan fingerprint density at radius 2 is 2.00 bits per heavy atom. The van der Waals surface area contributed by atoms with Crippen LogP contribution in [0.4, 0.5) is 8.78 Å². The summed E-state index contributed by atoms with van der Waals surface area (Å²) in [4.78, 5) is 11.4. The highest BCUT2D eigenvalue weighted by molar-refractivity contribution is 5.77. The van der Waals surface area contributed by atoms with Crippen molar-refractivity contribution < 1.29 is 23.0 Å². The number of hydrogen-bond acceptors (Lipinski definition) is 4. The van der Waals surface area contributed by atoms with Crippen molar-refractivity contribution in [3.63, 3.8) is 0 Å². The van der Waals surface area contributed by atoms with Crippen LogP contribution in [0.2, 0.25) is 0 Å². The summed E-state index contributed by atoms with van der Waals surface area (Å²) in [5.41, 5.74) is 0.872. The first kappa shape index (κ1) is 16.3. The van der Waals surface area contributed by atoms with Crippen molar-refractivity contribution >= 4 is 5.91 Å². The maximum Gasteiger partial charge on any atom is 0.387 e. The van der Waals surface area contributed by atoms with Crippen LogP contribution in [0.25, 0.3) is 0 Å². The number of halogens is 2. The van der Waals surface area contributed by atoms with E-state index in [0.717, 1.165) is 5.56 Å². The van der Waals surface area contributed by atoms with Crippen LogP contribution in [-0.2, 0) is 16.1 Å². The van der Waals surface area contributed by atoms with Gasteiger partial charge in [0.1, 0.15) is 5.75 Å². The van der Waals surface area contributed by atoms with Crippen molar-refractivity contribution in [2.45, 2.75) is 13.2 Å². The van der Waals surface area contributed by atoms with Gasteiger partial charge in [-0.3, -0.25) is 4.79 Å². The monoisotopic (exact) mass is 288 g/mol. The second kappa shape index (κ2) is 9.22. The fourth-order valence-corrected chi connectivity index (χ4v) is 1.46. The molecule has 0 fully saturated rings. The van der Waals surface area contributed by atoms with Gasteiger partial charge in [-0.05, 0) is 17.7 Å². The van der Waals surface area contributed by atoms with Crippen molar-refractivity contribution in [3.05, 3.63) is 29.8 Å². The molecule has 1 amide bonds. The number of carbonyl (C=O) groups excluding carboxylic acids is 1. The molecule has 0 atom stereocenters. The Labute approximate surface area is 116 Å². The highest BCUT2D eigenvalue weighted by atomic mass is 19.3. The zero-order valence-electron chi connectivity index (χ0n) is 11.2. The minimum Gasteiger partial charge on any atom is -0.435 e. The number of carbonyl (C=O) groups is 1. The average Bonchev–Trinajstić information content (AvgIpc) is 2.40. The van der Waals surface area contributed by atoms with Crippen LogP contribution in [0.3, 0.4) is 0 Å². The molecule has 1 rings (SSSR count). The van der Waals surface area contributed by atoms with Crippen LogP contribution in [0.5, 0.6) is 5.75 Å². The standard InChI is InChI=1S/C13H18F2N2O3/c1-19-7-6-17-12(18)9-16-8-10-2-4-11(5-3-10)20-13(14)15/h2-5,13,16H,6-9H2,1H3,(H,17,18). The van der Waals surface area contributed by atoms with Crippen molar-refractivity contribution in [1.82, 2.24) is 10.6 Å². The second-order valence-corrected chi connectivity index (χ2v) is 3.97. The van der Waals surface area contributed by atoms with E-state index in [1.807, 2.05) is 0 Å². The smallest absolute Gasteiger partial charge is 0.387 e. The molecule has 1 aromatic carbocycles. The van der Waals surface area contributed by atoms with Crippen LogP contribution >= 0.6 is 0 Å². The van der Waals surface area contributed by atoms with Crippen molar-refractivity contribution in [2.24, 2.45) is 0 Å². The summed E-state index contributed by atoms with van der Waals surface area (Å²) in [5.74, 6) is -0.0132. The molecule has 0 aliphatic heterocycles. The van der Waals surface area contributed by atoms with Gasteiger partial charge in [-0.15, -0.1) is 0 Å². The number of benzene rings is 1. The number of ether oxygens (including phenoxy) is 2. The van der Waals surface area contributed by atoms with E-state index in [1.54, 1.807) is 19.2 Å². The first-order valence-electron chi connectivity index (χ1n) is 6.12. The highest BCUT2D eigenvalue weighted by Gasteiger charge is 2.04. The van der Waals surface area contributed by atoms with Gasteiger partial charge in [0.2, 0.25) is 5.91 Å². The Balaban J connectivity index is 2.23. The number of nitrogens with one attached hydrogen (secondary N) is 2. The third-order valence-corrected chi connectivity index (χ3v) is 2.39. The fourth-order valence-electron chi connectivity index (χ4n) is 1.46.